The average Bonchev–Trinajstić information content (AvgIpc) is 2.13. The molecule has 0 fully saturated rings. The number of hydrogen-bond donors (Lipinski definition) is 2. The predicted octanol–water partition coefficient (Wildman–Crippen LogP) is 1.71. The molecule has 0 aliphatic carbocycles. The highest BCUT2D eigenvalue weighted by molar-refractivity contribution is 4.74. The van der Waals surface area contributed by atoms with Gasteiger partial charge in [0.25, 0.3) is 0 Å². The second kappa shape index (κ2) is 7.25. The summed E-state index contributed by atoms with van der Waals surface area (Å²) in [5.41, 5.74) is 0.188. The standard InChI is InChI=1S/C13H30N2O/c1-11(2)15(7-8-16)10-12(3)9-14-13(4,5)6/h11-12,14,16H,7-10H2,1-6H3. The van der Waals surface area contributed by atoms with Gasteiger partial charge in [0.1, 0.15) is 0 Å². The molecular formula is C13H30N2O. The lowest BCUT2D eigenvalue weighted by Gasteiger charge is -2.30. The largest absolute Gasteiger partial charge is 0.395 e. The van der Waals surface area contributed by atoms with Crippen LogP contribution in [0.1, 0.15) is 41.5 Å². The zero-order valence-electron chi connectivity index (χ0n) is 11.9. The van der Waals surface area contributed by atoms with Crippen molar-refractivity contribution in [2.24, 2.45) is 5.92 Å². The molecule has 1 atom stereocenters. The molecule has 0 bridgehead atoms. The average molecular weight is 230 g/mol. The molecule has 0 aromatic heterocycles. The first-order valence-electron chi connectivity index (χ1n) is 6.36. The van der Waals surface area contributed by atoms with E-state index in [9.17, 15) is 0 Å². The van der Waals surface area contributed by atoms with E-state index in [0.717, 1.165) is 19.6 Å². The van der Waals surface area contributed by atoms with Crippen LogP contribution in [0.25, 0.3) is 0 Å². The highest BCUT2D eigenvalue weighted by Gasteiger charge is 2.15. The maximum atomic E-state index is 9.00. The van der Waals surface area contributed by atoms with E-state index in [-0.39, 0.29) is 12.1 Å². The summed E-state index contributed by atoms with van der Waals surface area (Å²) in [4.78, 5) is 2.33. The van der Waals surface area contributed by atoms with E-state index in [1.54, 1.807) is 0 Å². The van der Waals surface area contributed by atoms with E-state index in [2.05, 4.69) is 51.8 Å². The van der Waals surface area contributed by atoms with Gasteiger partial charge in [0.2, 0.25) is 0 Å². The molecule has 1 unspecified atom stereocenters. The maximum absolute atomic E-state index is 9.00. The lowest BCUT2D eigenvalue weighted by Crippen LogP contribution is -2.43. The quantitative estimate of drug-likeness (QED) is 0.699. The molecule has 0 radical (unpaired) electrons. The fourth-order valence-electron chi connectivity index (χ4n) is 1.63. The monoisotopic (exact) mass is 230 g/mol. The van der Waals surface area contributed by atoms with Crippen LogP contribution in [-0.2, 0) is 0 Å². The Labute approximate surface area is 101 Å². The van der Waals surface area contributed by atoms with Crippen molar-refractivity contribution >= 4 is 0 Å². The summed E-state index contributed by atoms with van der Waals surface area (Å²) in [6, 6.07) is 0.504. The van der Waals surface area contributed by atoms with Gasteiger partial charge in [-0.1, -0.05) is 6.92 Å². The molecule has 0 rings (SSSR count). The van der Waals surface area contributed by atoms with Crippen LogP contribution in [0.3, 0.4) is 0 Å². The van der Waals surface area contributed by atoms with Crippen LogP contribution in [0.2, 0.25) is 0 Å². The summed E-state index contributed by atoms with van der Waals surface area (Å²) < 4.78 is 0. The minimum absolute atomic E-state index is 0.188. The summed E-state index contributed by atoms with van der Waals surface area (Å²) in [7, 11) is 0. The van der Waals surface area contributed by atoms with Crippen LogP contribution in [0.4, 0.5) is 0 Å². The van der Waals surface area contributed by atoms with E-state index < -0.39 is 0 Å². The smallest absolute Gasteiger partial charge is 0.0558 e. The molecule has 16 heavy (non-hydrogen) atoms. The predicted molar refractivity (Wildman–Crippen MR) is 70.7 cm³/mol. The van der Waals surface area contributed by atoms with Crippen molar-refractivity contribution < 1.29 is 5.11 Å². The molecule has 0 aliphatic heterocycles. The minimum Gasteiger partial charge on any atom is -0.395 e. The SMILES string of the molecule is CC(CNC(C)(C)C)CN(CCO)C(C)C. The molecule has 0 heterocycles. The molecule has 0 saturated heterocycles. The number of rotatable bonds is 7. The zero-order chi connectivity index (χ0) is 12.8. The molecule has 3 heteroatoms. The van der Waals surface area contributed by atoms with Crippen LogP contribution in [0.15, 0.2) is 0 Å². The van der Waals surface area contributed by atoms with Crippen LogP contribution in [0, 0.1) is 5.92 Å². The van der Waals surface area contributed by atoms with Crippen molar-refractivity contribution in [2.45, 2.75) is 53.1 Å². The first kappa shape index (κ1) is 15.9. The number of aliphatic hydroxyl groups excluding tert-OH is 1. The molecule has 0 aromatic rings. The topological polar surface area (TPSA) is 35.5 Å². The third kappa shape index (κ3) is 8.08. The van der Waals surface area contributed by atoms with Crippen molar-refractivity contribution in [3.8, 4) is 0 Å². The van der Waals surface area contributed by atoms with Crippen LogP contribution in [0.5, 0.6) is 0 Å². The number of aliphatic hydroxyl groups is 1. The minimum atomic E-state index is 0.188. The number of nitrogens with one attached hydrogen (secondary N) is 1. The second-order valence-electron chi connectivity index (χ2n) is 6.05. The Morgan fingerprint density at radius 1 is 1.19 bits per heavy atom. The summed E-state index contributed by atoms with van der Waals surface area (Å²) in [6.07, 6.45) is 0. The van der Waals surface area contributed by atoms with Gasteiger partial charge in [0.05, 0.1) is 6.61 Å². The Morgan fingerprint density at radius 3 is 2.12 bits per heavy atom. The van der Waals surface area contributed by atoms with E-state index in [1.165, 1.54) is 0 Å². The van der Waals surface area contributed by atoms with Gasteiger partial charge in [-0.2, -0.15) is 0 Å². The van der Waals surface area contributed by atoms with E-state index >= 15 is 0 Å². The Kier molecular flexibility index (Phi) is 7.20. The number of hydrogen-bond acceptors (Lipinski definition) is 3. The normalized spacial score (nSPS) is 14.8. The van der Waals surface area contributed by atoms with Crippen LogP contribution >= 0.6 is 0 Å². The molecule has 0 saturated carbocycles. The Bertz CT molecular complexity index is 175. The molecule has 0 spiro atoms. The van der Waals surface area contributed by atoms with Gasteiger partial charge in [0, 0.05) is 24.7 Å². The lowest BCUT2D eigenvalue weighted by atomic mass is 10.1. The lowest BCUT2D eigenvalue weighted by molar-refractivity contribution is 0.145. The van der Waals surface area contributed by atoms with Crippen molar-refractivity contribution in [1.82, 2.24) is 10.2 Å². The molecule has 0 aliphatic rings. The maximum Gasteiger partial charge on any atom is 0.0558 e. The third-order valence-corrected chi connectivity index (χ3v) is 2.64. The van der Waals surface area contributed by atoms with Crippen molar-refractivity contribution in [1.29, 1.82) is 0 Å². The highest BCUT2D eigenvalue weighted by atomic mass is 16.3. The fraction of sp³-hybridized carbons (Fsp3) is 1.00. The van der Waals surface area contributed by atoms with Gasteiger partial charge in [-0.25, -0.2) is 0 Å². The van der Waals surface area contributed by atoms with E-state index in [0.29, 0.717) is 12.0 Å². The summed E-state index contributed by atoms with van der Waals surface area (Å²) >= 11 is 0. The molecule has 0 aromatic carbocycles. The zero-order valence-corrected chi connectivity index (χ0v) is 11.9. The molecule has 3 nitrogen and oxygen atoms in total. The Hall–Kier alpha value is -0.120. The Balaban J connectivity index is 3.95. The van der Waals surface area contributed by atoms with Crippen LogP contribution < -0.4 is 5.32 Å². The van der Waals surface area contributed by atoms with Gasteiger partial charge in [0.15, 0.2) is 0 Å². The molecule has 0 amide bonds. The molecular weight excluding hydrogens is 200 g/mol. The van der Waals surface area contributed by atoms with E-state index in [4.69, 9.17) is 5.11 Å². The highest BCUT2D eigenvalue weighted by Crippen LogP contribution is 2.06. The molecule has 2 N–H and O–H groups in total. The van der Waals surface area contributed by atoms with E-state index in [1.807, 2.05) is 0 Å². The summed E-state index contributed by atoms with van der Waals surface area (Å²) in [5, 5.41) is 12.5. The summed E-state index contributed by atoms with van der Waals surface area (Å²) in [5.74, 6) is 0.605. The first-order chi connectivity index (χ1) is 7.26. The van der Waals surface area contributed by atoms with Gasteiger partial charge in [-0.15, -0.1) is 0 Å². The van der Waals surface area contributed by atoms with Crippen molar-refractivity contribution in [3.05, 3.63) is 0 Å². The van der Waals surface area contributed by atoms with Crippen LogP contribution in [-0.4, -0.2) is 47.8 Å². The third-order valence-electron chi connectivity index (χ3n) is 2.64. The van der Waals surface area contributed by atoms with Crippen molar-refractivity contribution in [3.63, 3.8) is 0 Å². The number of nitrogens with zero attached hydrogens (tertiary/aromatic N) is 1. The van der Waals surface area contributed by atoms with Crippen molar-refractivity contribution in [2.75, 3.05) is 26.2 Å². The van der Waals surface area contributed by atoms with Gasteiger partial charge in [-0.05, 0) is 47.1 Å². The second-order valence-corrected chi connectivity index (χ2v) is 6.05. The summed E-state index contributed by atoms with van der Waals surface area (Å²) in [6.45, 7) is 16.3. The Morgan fingerprint density at radius 2 is 1.75 bits per heavy atom. The van der Waals surface area contributed by atoms with Gasteiger partial charge < -0.3 is 10.4 Å². The molecule has 98 valence electrons. The van der Waals surface area contributed by atoms with Gasteiger partial charge >= 0.3 is 0 Å². The van der Waals surface area contributed by atoms with Gasteiger partial charge in [-0.3, -0.25) is 4.90 Å². The first-order valence-corrected chi connectivity index (χ1v) is 6.36. The fourth-order valence-corrected chi connectivity index (χ4v) is 1.63.